The topological polar surface area (TPSA) is 49.4 Å². The van der Waals surface area contributed by atoms with Gasteiger partial charge in [0.2, 0.25) is 10.0 Å². The molecule has 1 rings (SSSR count). The molecule has 0 bridgehead atoms. The van der Waals surface area contributed by atoms with Crippen LogP contribution in [-0.2, 0) is 10.0 Å². The molecule has 72 valence electrons. The van der Waals surface area contributed by atoms with E-state index in [1.54, 1.807) is 4.31 Å². The maximum absolute atomic E-state index is 11.2. The molecule has 1 aliphatic heterocycles. The summed E-state index contributed by atoms with van der Waals surface area (Å²) >= 11 is 0. The summed E-state index contributed by atoms with van der Waals surface area (Å²) in [7, 11) is -2.96. The largest absolute Gasteiger partial charge is 0.317 e. The molecule has 0 spiro atoms. The normalized spacial score (nSPS) is 23.1. The molecule has 4 nitrogen and oxygen atoms in total. The lowest BCUT2D eigenvalue weighted by Gasteiger charge is -2.22. The molecule has 12 heavy (non-hydrogen) atoms. The van der Waals surface area contributed by atoms with Gasteiger partial charge >= 0.3 is 0 Å². The van der Waals surface area contributed by atoms with E-state index in [1.807, 2.05) is 0 Å². The van der Waals surface area contributed by atoms with Crippen LogP contribution in [-0.4, -0.2) is 45.2 Å². The average Bonchev–Trinajstić information content (AvgIpc) is 1.81. The van der Waals surface area contributed by atoms with Gasteiger partial charge in [-0.1, -0.05) is 0 Å². The smallest absolute Gasteiger partial charge is 0.211 e. The third-order valence-electron chi connectivity index (χ3n) is 1.99. The lowest BCUT2D eigenvalue weighted by atomic mass is 10.3. The van der Waals surface area contributed by atoms with Gasteiger partial charge in [0.1, 0.15) is 0 Å². The number of rotatable bonds is 1. The second kappa shape index (κ2) is 4.20. The maximum Gasteiger partial charge on any atom is 0.211 e. The molecule has 0 atom stereocenters. The monoisotopic (exact) mass is 192 g/mol. The quantitative estimate of drug-likeness (QED) is 0.617. The Morgan fingerprint density at radius 2 is 1.67 bits per heavy atom. The number of hydrogen-bond donors (Lipinski definition) is 1. The van der Waals surface area contributed by atoms with E-state index in [-0.39, 0.29) is 0 Å². The Kier molecular flexibility index (Phi) is 3.49. The predicted octanol–water partition coefficient (Wildman–Crippen LogP) is -0.369. The van der Waals surface area contributed by atoms with E-state index in [1.165, 1.54) is 6.26 Å². The second-order valence-electron chi connectivity index (χ2n) is 3.12. The third-order valence-corrected chi connectivity index (χ3v) is 3.29. The van der Waals surface area contributed by atoms with Gasteiger partial charge in [-0.3, -0.25) is 0 Å². The van der Waals surface area contributed by atoms with Crippen molar-refractivity contribution in [3.8, 4) is 0 Å². The SMILES string of the molecule is CS(=O)(=O)N1CCCNCCC1. The van der Waals surface area contributed by atoms with Crippen molar-refractivity contribution in [1.82, 2.24) is 9.62 Å². The standard InChI is InChI=1S/C7H16N2O2S/c1-12(10,11)9-6-2-4-8-5-3-7-9/h8H,2-7H2,1H3. The molecule has 0 aromatic carbocycles. The van der Waals surface area contributed by atoms with Gasteiger partial charge < -0.3 is 5.32 Å². The fourth-order valence-electron chi connectivity index (χ4n) is 1.33. The highest BCUT2D eigenvalue weighted by atomic mass is 32.2. The summed E-state index contributed by atoms with van der Waals surface area (Å²) in [5.41, 5.74) is 0. The van der Waals surface area contributed by atoms with Crippen molar-refractivity contribution < 1.29 is 8.42 Å². The first-order chi connectivity index (χ1) is 5.61. The second-order valence-corrected chi connectivity index (χ2v) is 5.10. The van der Waals surface area contributed by atoms with E-state index in [9.17, 15) is 8.42 Å². The van der Waals surface area contributed by atoms with Crippen LogP contribution in [0.15, 0.2) is 0 Å². The molecule has 0 saturated carbocycles. The molecular formula is C7H16N2O2S. The zero-order valence-electron chi connectivity index (χ0n) is 7.41. The van der Waals surface area contributed by atoms with E-state index in [0.29, 0.717) is 13.1 Å². The molecule has 1 N–H and O–H groups in total. The number of hydrogen-bond acceptors (Lipinski definition) is 3. The Hall–Kier alpha value is -0.130. The maximum atomic E-state index is 11.2. The minimum atomic E-state index is -2.96. The Bertz CT molecular complexity index is 218. The highest BCUT2D eigenvalue weighted by Crippen LogP contribution is 2.02. The summed E-state index contributed by atoms with van der Waals surface area (Å²) in [4.78, 5) is 0. The summed E-state index contributed by atoms with van der Waals surface area (Å²) in [6, 6.07) is 0. The van der Waals surface area contributed by atoms with Gasteiger partial charge in [0.15, 0.2) is 0 Å². The van der Waals surface area contributed by atoms with Gasteiger partial charge in [-0.2, -0.15) is 0 Å². The molecule has 0 aliphatic carbocycles. The molecule has 5 heteroatoms. The lowest BCUT2D eigenvalue weighted by molar-refractivity contribution is 0.374. The Morgan fingerprint density at radius 1 is 1.17 bits per heavy atom. The van der Waals surface area contributed by atoms with Crippen LogP contribution in [0.3, 0.4) is 0 Å². The fourth-order valence-corrected chi connectivity index (χ4v) is 2.25. The van der Waals surface area contributed by atoms with Crippen LogP contribution < -0.4 is 5.32 Å². The van der Waals surface area contributed by atoms with Crippen LogP contribution in [0.4, 0.5) is 0 Å². The van der Waals surface area contributed by atoms with Gasteiger partial charge in [-0.05, 0) is 25.9 Å². The van der Waals surface area contributed by atoms with Crippen LogP contribution in [0, 0.1) is 0 Å². The molecule has 0 radical (unpaired) electrons. The van der Waals surface area contributed by atoms with Crippen LogP contribution in [0.25, 0.3) is 0 Å². The van der Waals surface area contributed by atoms with E-state index in [2.05, 4.69) is 5.32 Å². The van der Waals surface area contributed by atoms with Crippen LogP contribution in [0.5, 0.6) is 0 Å². The fraction of sp³-hybridized carbons (Fsp3) is 1.00. The lowest BCUT2D eigenvalue weighted by Crippen LogP contribution is -2.37. The van der Waals surface area contributed by atoms with Gasteiger partial charge in [-0.25, -0.2) is 12.7 Å². The number of nitrogens with one attached hydrogen (secondary N) is 1. The van der Waals surface area contributed by atoms with Crippen molar-refractivity contribution in [2.24, 2.45) is 0 Å². The van der Waals surface area contributed by atoms with Crippen LogP contribution >= 0.6 is 0 Å². The molecule has 1 heterocycles. The zero-order chi connectivity index (χ0) is 9.03. The van der Waals surface area contributed by atoms with Crippen LogP contribution in [0.1, 0.15) is 12.8 Å². The van der Waals surface area contributed by atoms with Crippen molar-refractivity contribution in [3.05, 3.63) is 0 Å². The Morgan fingerprint density at radius 3 is 2.08 bits per heavy atom. The van der Waals surface area contributed by atoms with Crippen LogP contribution in [0.2, 0.25) is 0 Å². The Balaban J connectivity index is 2.51. The number of sulfonamides is 1. The van der Waals surface area contributed by atoms with Gasteiger partial charge in [0.25, 0.3) is 0 Å². The molecule has 0 unspecified atom stereocenters. The van der Waals surface area contributed by atoms with Crippen molar-refractivity contribution in [3.63, 3.8) is 0 Å². The zero-order valence-corrected chi connectivity index (χ0v) is 8.23. The minimum Gasteiger partial charge on any atom is -0.317 e. The van der Waals surface area contributed by atoms with Gasteiger partial charge in [-0.15, -0.1) is 0 Å². The summed E-state index contributed by atoms with van der Waals surface area (Å²) < 4.78 is 23.9. The van der Waals surface area contributed by atoms with Crippen molar-refractivity contribution >= 4 is 10.0 Å². The average molecular weight is 192 g/mol. The molecule has 0 amide bonds. The molecule has 1 aliphatic rings. The van der Waals surface area contributed by atoms with Crippen molar-refractivity contribution in [1.29, 1.82) is 0 Å². The summed E-state index contributed by atoms with van der Waals surface area (Å²) in [5.74, 6) is 0. The first kappa shape index (κ1) is 9.95. The van der Waals surface area contributed by atoms with E-state index < -0.39 is 10.0 Å². The highest BCUT2D eigenvalue weighted by molar-refractivity contribution is 7.88. The molecule has 1 fully saturated rings. The molecule has 1 saturated heterocycles. The van der Waals surface area contributed by atoms with Gasteiger partial charge in [0, 0.05) is 13.1 Å². The first-order valence-corrected chi connectivity index (χ1v) is 6.11. The Labute approximate surface area is 74.0 Å². The van der Waals surface area contributed by atoms with E-state index in [4.69, 9.17) is 0 Å². The third kappa shape index (κ3) is 3.08. The first-order valence-electron chi connectivity index (χ1n) is 4.26. The summed E-state index contributed by atoms with van der Waals surface area (Å²) in [6.07, 6.45) is 3.10. The van der Waals surface area contributed by atoms with Crippen molar-refractivity contribution in [2.45, 2.75) is 12.8 Å². The molecule has 0 aromatic heterocycles. The van der Waals surface area contributed by atoms with Gasteiger partial charge in [0.05, 0.1) is 6.26 Å². The predicted molar refractivity (Wildman–Crippen MR) is 48.5 cm³/mol. The van der Waals surface area contributed by atoms with E-state index >= 15 is 0 Å². The molecular weight excluding hydrogens is 176 g/mol. The summed E-state index contributed by atoms with van der Waals surface area (Å²) in [5, 5.41) is 3.24. The molecule has 0 aromatic rings. The minimum absolute atomic E-state index is 0.659. The summed E-state index contributed by atoms with van der Waals surface area (Å²) in [6.45, 7) is 3.16. The highest BCUT2D eigenvalue weighted by Gasteiger charge is 2.16. The van der Waals surface area contributed by atoms with Crippen molar-refractivity contribution in [2.75, 3.05) is 32.4 Å². The van der Waals surface area contributed by atoms with E-state index in [0.717, 1.165) is 25.9 Å². The number of nitrogens with zero attached hydrogens (tertiary/aromatic N) is 1.